The van der Waals surface area contributed by atoms with Crippen molar-refractivity contribution in [3.63, 3.8) is 0 Å². The standard InChI is InChI=1S/C13H15N3O2S/c1-8(2)14-6-12(18)16-13-15-10-4-3-9(7-17)5-11(10)19-13/h3-5,7-8,14H,6H2,1-2H3,(H,15,16,18). The maximum Gasteiger partial charge on any atom is 0.240 e. The van der Waals surface area contributed by atoms with Gasteiger partial charge in [-0.25, -0.2) is 4.98 Å². The fraction of sp³-hybridized carbons (Fsp3) is 0.308. The number of hydrogen-bond donors (Lipinski definition) is 2. The number of benzene rings is 1. The molecule has 5 nitrogen and oxygen atoms in total. The minimum Gasteiger partial charge on any atom is -0.306 e. The van der Waals surface area contributed by atoms with Crippen molar-refractivity contribution in [2.45, 2.75) is 19.9 Å². The lowest BCUT2D eigenvalue weighted by Crippen LogP contribution is -2.32. The average Bonchev–Trinajstić information content (AvgIpc) is 2.77. The van der Waals surface area contributed by atoms with Gasteiger partial charge in [-0.05, 0) is 18.2 Å². The summed E-state index contributed by atoms with van der Waals surface area (Å²) in [6, 6.07) is 5.51. The second kappa shape index (κ2) is 5.90. The molecule has 100 valence electrons. The number of fused-ring (bicyclic) bond motifs is 1. The molecule has 0 saturated carbocycles. The predicted molar refractivity (Wildman–Crippen MR) is 76.8 cm³/mol. The number of aromatic nitrogens is 1. The molecule has 1 heterocycles. The van der Waals surface area contributed by atoms with E-state index in [4.69, 9.17) is 0 Å². The Bertz CT molecular complexity index is 607. The third kappa shape index (κ3) is 3.59. The average molecular weight is 277 g/mol. The second-order valence-electron chi connectivity index (χ2n) is 4.45. The summed E-state index contributed by atoms with van der Waals surface area (Å²) in [4.78, 5) is 26.6. The molecule has 1 aromatic carbocycles. The Morgan fingerprint density at radius 2 is 2.26 bits per heavy atom. The van der Waals surface area contributed by atoms with Gasteiger partial charge in [0.05, 0.1) is 16.8 Å². The molecule has 2 N–H and O–H groups in total. The van der Waals surface area contributed by atoms with Gasteiger partial charge in [-0.2, -0.15) is 0 Å². The van der Waals surface area contributed by atoms with Crippen LogP contribution in [0.2, 0.25) is 0 Å². The van der Waals surface area contributed by atoms with Crippen LogP contribution in [0.1, 0.15) is 24.2 Å². The molecule has 0 fully saturated rings. The number of nitrogens with zero attached hydrogens (tertiary/aromatic N) is 1. The maximum absolute atomic E-state index is 11.7. The summed E-state index contributed by atoms with van der Waals surface area (Å²) in [5.74, 6) is -0.122. The van der Waals surface area contributed by atoms with Crippen LogP contribution in [0.4, 0.5) is 5.13 Å². The van der Waals surface area contributed by atoms with Gasteiger partial charge in [0.25, 0.3) is 0 Å². The molecular weight excluding hydrogens is 262 g/mol. The lowest BCUT2D eigenvalue weighted by molar-refractivity contribution is -0.115. The summed E-state index contributed by atoms with van der Waals surface area (Å²) in [6.45, 7) is 4.21. The minimum atomic E-state index is -0.122. The normalized spacial score (nSPS) is 10.9. The highest BCUT2D eigenvalue weighted by Gasteiger charge is 2.08. The van der Waals surface area contributed by atoms with E-state index in [-0.39, 0.29) is 18.5 Å². The van der Waals surface area contributed by atoms with Crippen molar-refractivity contribution in [3.8, 4) is 0 Å². The number of carbonyl (C=O) groups excluding carboxylic acids is 2. The highest BCUT2D eigenvalue weighted by atomic mass is 32.1. The van der Waals surface area contributed by atoms with Crippen LogP contribution in [0.15, 0.2) is 18.2 Å². The van der Waals surface area contributed by atoms with Crippen LogP contribution in [0.5, 0.6) is 0 Å². The molecule has 0 aliphatic rings. The van der Waals surface area contributed by atoms with Crippen LogP contribution in [0.3, 0.4) is 0 Å². The Hall–Kier alpha value is -1.79. The second-order valence-corrected chi connectivity index (χ2v) is 5.48. The first-order valence-electron chi connectivity index (χ1n) is 5.97. The molecule has 0 spiro atoms. The molecule has 0 radical (unpaired) electrons. The van der Waals surface area contributed by atoms with Crippen molar-refractivity contribution in [3.05, 3.63) is 23.8 Å². The highest BCUT2D eigenvalue weighted by Crippen LogP contribution is 2.26. The molecule has 0 unspecified atom stereocenters. The number of nitrogens with one attached hydrogen (secondary N) is 2. The van der Waals surface area contributed by atoms with Gasteiger partial charge in [0.15, 0.2) is 5.13 Å². The van der Waals surface area contributed by atoms with Gasteiger partial charge in [0.1, 0.15) is 6.29 Å². The zero-order chi connectivity index (χ0) is 13.8. The van der Waals surface area contributed by atoms with E-state index < -0.39 is 0 Å². The predicted octanol–water partition coefficient (Wildman–Crippen LogP) is 2.05. The number of carbonyl (C=O) groups is 2. The summed E-state index contributed by atoms with van der Waals surface area (Å²) in [5, 5.41) is 6.33. The van der Waals surface area contributed by atoms with Crippen LogP contribution in [0.25, 0.3) is 10.2 Å². The number of anilines is 1. The summed E-state index contributed by atoms with van der Waals surface area (Å²) >= 11 is 1.36. The van der Waals surface area contributed by atoms with Crippen molar-refractivity contribution in [2.75, 3.05) is 11.9 Å². The van der Waals surface area contributed by atoms with E-state index >= 15 is 0 Å². The van der Waals surface area contributed by atoms with Crippen LogP contribution >= 0.6 is 11.3 Å². The molecule has 0 bridgehead atoms. The molecule has 0 atom stereocenters. The molecular formula is C13H15N3O2S. The first kappa shape index (κ1) is 13.6. The molecule has 2 aromatic rings. The molecule has 0 aliphatic heterocycles. The van der Waals surface area contributed by atoms with Gasteiger partial charge in [0.2, 0.25) is 5.91 Å². The Morgan fingerprint density at radius 3 is 2.95 bits per heavy atom. The molecule has 0 saturated heterocycles. The van der Waals surface area contributed by atoms with E-state index in [1.807, 2.05) is 13.8 Å². The van der Waals surface area contributed by atoms with E-state index in [2.05, 4.69) is 15.6 Å². The number of rotatable bonds is 5. The van der Waals surface area contributed by atoms with E-state index in [1.165, 1.54) is 11.3 Å². The van der Waals surface area contributed by atoms with Crippen LogP contribution in [-0.4, -0.2) is 29.8 Å². The summed E-state index contributed by atoms with van der Waals surface area (Å²) < 4.78 is 0.886. The molecule has 1 amide bonds. The molecule has 6 heteroatoms. The van der Waals surface area contributed by atoms with Gasteiger partial charge in [0, 0.05) is 11.6 Å². The van der Waals surface area contributed by atoms with Crippen molar-refractivity contribution < 1.29 is 9.59 Å². The molecule has 0 aliphatic carbocycles. The van der Waals surface area contributed by atoms with Gasteiger partial charge < -0.3 is 10.6 Å². The largest absolute Gasteiger partial charge is 0.306 e. The van der Waals surface area contributed by atoms with E-state index in [0.717, 1.165) is 16.5 Å². The Labute approximate surface area is 115 Å². The van der Waals surface area contributed by atoms with Gasteiger partial charge >= 0.3 is 0 Å². The van der Waals surface area contributed by atoms with Crippen molar-refractivity contribution >= 4 is 38.9 Å². The Morgan fingerprint density at radius 1 is 1.47 bits per heavy atom. The SMILES string of the molecule is CC(C)NCC(=O)Nc1nc2ccc(C=O)cc2s1. The summed E-state index contributed by atoms with van der Waals surface area (Å²) in [6.07, 6.45) is 0.796. The number of aldehydes is 1. The Balaban J connectivity index is 2.08. The van der Waals surface area contributed by atoms with Crippen LogP contribution in [-0.2, 0) is 4.79 Å². The molecule has 2 rings (SSSR count). The topological polar surface area (TPSA) is 71.1 Å². The van der Waals surface area contributed by atoms with Gasteiger partial charge in [-0.1, -0.05) is 25.2 Å². The first-order valence-corrected chi connectivity index (χ1v) is 6.79. The lowest BCUT2D eigenvalue weighted by Gasteiger charge is -2.06. The van der Waals surface area contributed by atoms with E-state index in [9.17, 15) is 9.59 Å². The van der Waals surface area contributed by atoms with Crippen molar-refractivity contribution in [1.82, 2.24) is 10.3 Å². The van der Waals surface area contributed by atoms with E-state index in [1.54, 1.807) is 18.2 Å². The third-order valence-electron chi connectivity index (χ3n) is 2.47. The van der Waals surface area contributed by atoms with Crippen molar-refractivity contribution in [1.29, 1.82) is 0 Å². The molecule has 19 heavy (non-hydrogen) atoms. The molecule has 1 aromatic heterocycles. The number of thiazole rings is 1. The Kier molecular flexibility index (Phi) is 4.24. The smallest absolute Gasteiger partial charge is 0.240 e. The number of hydrogen-bond acceptors (Lipinski definition) is 5. The number of amides is 1. The minimum absolute atomic E-state index is 0.122. The summed E-state index contributed by atoms with van der Waals surface area (Å²) in [7, 11) is 0. The van der Waals surface area contributed by atoms with Crippen LogP contribution < -0.4 is 10.6 Å². The monoisotopic (exact) mass is 277 g/mol. The van der Waals surface area contributed by atoms with Gasteiger partial charge in [-0.3, -0.25) is 9.59 Å². The van der Waals surface area contributed by atoms with Crippen molar-refractivity contribution in [2.24, 2.45) is 0 Å². The van der Waals surface area contributed by atoms with Crippen LogP contribution in [0, 0.1) is 0 Å². The van der Waals surface area contributed by atoms with E-state index in [0.29, 0.717) is 10.7 Å². The fourth-order valence-corrected chi connectivity index (χ4v) is 2.46. The summed E-state index contributed by atoms with van der Waals surface area (Å²) in [5.41, 5.74) is 1.39. The zero-order valence-corrected chi connectivity index (χ0v) is 11.6. The third-order valence-corrected chi connectivity index (χ3v) is 3.40. The lowest BCUT2D eigenvalue weighted by atomic mass is 10.2. The van der Waals surface area contributed by atoms with Gasteiger partial charge in [-0.15, -0.1) is 0 Å². The first-order chi connectivity index (χ1) is 9.08. The maximum atomic E-state index is 11.7. The highest BCUT2D eigenvalue weighted by molar-refractivity contribution is 7.22. The quantitative estimate of drug-likeness (QED) is 0.820. The zero-order valence-electron chi connectivity index (χ0n) is 10.8. The fourth-order valence-electron chi connectivity index (χ4n) is 1.53.